The molecule has 0 aliphatic heterocycles. The Labute approximate surface area is 318 Å². The lowest BCUT2D eigenvalue weighted by molar-refractivity contribution is 0.406. The second-order valence-corrected chi connectivity index (χ2v) is 14.8. The predicted octanol–water partition coefficient (Wildman–Crippen LogP) is 15.2. The summed E-state index contributed by atoms with van der Waals surface area (Å²) in [6.45, 7) is 4.60. The van der Waals surface area contributed by atoms with Crippen LogP contribution >= 0.6 is 0 Å². The molecule has 54 heavy (non-hydrogen) atoms. The van der Waals surface area contributed by atoms with Crippen LogP contribution in [0.3, 0.4) is 0 Å². The van der Waals surface area contributed by atoms with Crippen LogP contribution in [0.15, 0.2) is 182 Å². The number of rotatable bonds is 10. The molecular weight excluding hydrogens is 651 g/mol. The topological polar surface area (TPSA) is 12.0 Å². The minimum absolute atomic E-state index is 0.159. The Morgan fingerprint density at radius 3 is 1.09 bits per heavy atom. The van der Waals surface area contributed by atoms with Gasteiger partial charge in [-0.05, 0) is 119 Å². The van der Waals surface area contributed by atoms with Gasteiger partial charge in [-0.3, -0.25) is 0 Å². The summed E-state index contributed by atoms with van der Waals surface area (Å²) >= 11 is 0. The Bertz CT molecular complexity index is 2620. The zero-order chi connectivity index (χ0) is 36.5. The van der Waals surface area contributed by atoms with Crippen LogP contribution in [0.25, 0.3) is 76.5 Å². The summed E-state index contributed by atoms with van der Waals surface area (Å²) < 4.78 is 0. The van der Waals surface area contributed by atoms with Crippen LogP contribution in [0.2, 0.25) is 0 Å². The molecule has 0 heterocycles. The van der Waals surface area contributed by atoms with Crippen molar-refractivity contribution in [3.63, 3.8) is 0 Å². The molecule has 0 spiro atoms. The molecule has 0 atom stereocenters. The molecule has 0 aromatic heterocycles. The van der Waals surface area contributed by atoms with E-state index in [1.165, 1.54) is 82.0 Å². The van der Waals surface area contributed by atoms with E-state index < -0.39 is 0 Å². The Kier molecular flexibility index (Phi) is 8.93. The Morgan fingerprint density at radius 2 is 0.704 bits per heavy atom. The second kappa shape index (κ2) is 14.3. The summed E-state index contributed by atoms with van der Waals surface area (Å²) in [5.74, 6) is 0. The average Bonchev–Trinajstić information content (AvgIpc) is 3.22. The number of benzene rings is 9. The van der Waals surface area contributed by atoms with Crippen LogP contribution in [-0.2, 0) is 5.54 Å². The van der Waals surface area contributed by atoms with E-state index >= 15 is 0 Å². The van der Waals surface area contributed by atoms with Crippen LogP contribution < -0.4 is 5.32 Å². The zero-order valence-corrected chi connectivity index (χ0v) is 31.1. The molecule has 0 fully saturated rings. The van der Waals surface area contributed by atoms with Crippen molar-refractivity contribution in [2.75, 3.05) is 5.32 Å². The van der Waals surface area contributed by atoms with Gasteiger partial charge in [0.2, 0.25) is 0 Å². The molecule has 0 bridgehead atoms. The number of fused-ring (bicyclic) bond motifs is 4. The summed E-state index contributed by atoms with van der Waals surface area (Å²) in [5, 5.41) is 14.4. The zero-order valence-electron chi connectivity index (χ0n) is 31.1. The van der Waals surface area contributed by atoms with Crippen LogP contribution in [0.1, 0.15) is 45.1 Å². The van der Waals surface area contributed by atoms with E-state index in [9.17, 15) is 0 Å². The summed E-state index contributed by atoms with van der Waals surface area (Å²) in [5.41, 5.74) is 9.91. The highest BCUT2D eigenvalue weighted by Gasteiger charge is 2.30. The van der Waals surface area contributed by atoms with Crippen molar-refractivity contribution in [1.82, 2.24) is 0 Å². The fourth-order valence-electron chi connectivity index (χ4n) is 8.92. The standard InChI is InChI=1S/C53H45N/c1-3-33-53(34-4-2,45-29-25-40(26-30-45)52-49-19-11-7-15-43(49)36-44-16-8-12-20-50(44)52)54-46-31-27-38(28-32-46)37-21-23-39(24-22-37)51-47-17-9-5-13-41(47)35-42-14-6-10-18-48(42)51/h5-32,35-36,54H,3-4,33-34H2,1-2H3. The lowest BCUT2D eigenvalue weighted by Gasteiger charge is -2.37. The summed E-state index contributed by atoms with van der Waals surface area (Å²) in [6, 6.07) is 67.2. The third-order valence-corrected chi connectivity index (χ3v) is 11.4. The van der Waals surface area contributed by atoms with Crippen molar-refractivity contribution in [3.05, 3.63) is 188 Å². The van der Waals surface area contributed by atoms with Crippen molar-refractivity contribution in [2.45, 2.75) is 45.1 Å². The van der Waals surface area contributed by atoms with Crippen LogP contribution in [0.4, 0.5) is 5.69 Å². The molecule has 262 valence electrons. The van der Waals surface area contributed by atoms with Crippen molar-refractivity contribution in [2.24, 2.45) is 0 Å². The molecule has 0 aliphatic carbocycles. The molecule has 0 amide bonds. The van der Waals surface area contributed by atoms with Crippen molar-refractivity contribution in [1.29, 1.82) is 0 Å². The fourth-order valence-corrected chi connectivity index (χ4v) is 8.92. The second-order valence-electron chi connectivity index (χ2n) is 14.8. The highest BCUT2D eigenvalue weighted by molar-refractivity contribution is 6.13. The maximum Gasteiger partial charge on any atom is 0.0625 e. The minimum Gasteiger partial charge on any atom is -0.376 e. The summed E-state index contributed by atoms with van der Waals surface area (Å²) in [6.07, 6.45) is 4.31. The molecule has 0 saturated carbocycles. The quantitative estimate of drug-likeness (QED) is 0.140. The van der Waals surface area contributed by atoms with E-state index in [1.54, 1.807) is 0 Å². The largest absolute Gasteiger partial charge is 0.376 e. The van der Waals surface area contributed by atoms with E-state index in [2.05, 4.69) is 201 Å². The van der Waals surface area contributed by atoms with Gasteiger partial charge >= 0.3 is 0 Å². The van der Waals surface area contributed by atoms with Gasteiger partial charge in [0.15, 0.2) is 0 Å². The maximum absolute atomic E-state index is 4.07. The first-order valence-corrected chi connectivity index (χ1v) is 19.5. The third kappa shape index (κ3) is 6.10. The van der Waals surface area contributed by atoms with Crippen molar-refractivity contribution < 1.29 is 0 Å². The van der Waals surface area contributed by atoms with Crippen molar-refractivity contribution >= 4 is 48.8 Å². The Morgan fingerprint density at radius 1 is 0.370 bits per heavy atom. The van der Waals surface area contributed by atoms with E-state index in [1.807, 2.05) is 0 Å². The highest BCUT2D eigenvalue weighted by atomic mass is 15.0. The first kappa shape index (κ1) is 33.6. The Hall–Kier alpha value is -6.18. The molecule has 1 N–H and O–H groups in total. The average molecular weight is 696 g/mol. The van der Waals surface area contributed by atoms with Gasteiger partial charge in [0.1, 0.15) is 0 Å². The van der Waals surface area contributed by atoms with Gasteiger partial charge < -0.3 is 5.32 Å². The number of anilines is 1. The summed E-state index contributed by atoms with van der Waals surface area (Å²) in [7, 11) is 0. The number of nitrogens with one attached hydrogen (secondary N) is 1. The molecule has 9 rings (SSSR count). The molecule has 1 nitrogen and oxygen atoms in total. The van der Waals surface area contributed by atoms with Crippen molar-refractivity contribution in [3.8, 4) is 33.4 Å². The van der Waals surface area contributed by atoms with Crippen LogP contribution in [-0.4, -0.2) is 0 Å². The lowest BCUT2D eigenvalue weighted by atomic mass is 9.80. The van der Waals surface area contributed by atoms with Gasteiger partial charge in [0, 0.05) is 5.69 Å². The molecular formula is C53H45N. The van der Waals surface area contributed by atoms with E-state index in [-0.39, 0.29) is 5.54 Å². The van der Waals surface area contributed by atoms with Gasteiger partial charge in [0.25, 0.3) is 0 Å². The molecule has 0 unspecified atom stereocenters. The fraction of sp³-hybridized carbons (Fsp3) is 0.132. The molecule has 9 aromatic carbocycles. The van der Waals surface area contributed by atoms with E-state index in [4.69, 9.17) is 0 Å². The monoisotopic (exact) mass is 695 g/mol. The molecule has 0 aliphatic rings. The SMILES string of the molecule is CCCC(CCC)(Nc1ccc(-c2ccc(-c3c4ccccc4cc4ccccc34)cc2)cc1)c1ccc(-c2c3ccccc3cc3ccccc23)cc1. The van der Waals surface area contributed by atoms with E-state index in [0.29, 0.717) is 0 Å². The van der Waals surface area contributed by atoms with Gasteiger partial charge in [-0.15, -0.1) is 0 Å². The minimum atomic E-state index is -0.159. The predicted molar refractivity (Wildman–Crippen MR) is 234 cm³/mol. The molecule has 1 heteroatoms. The van der Waals surface area contributed by atoms with Gasteiger partial charge in [-0.2, -0.15) is 0 Å². The normalized spacial score (nSPS) is 11.8. The van der Waals surface area contributed by atoms with Gasteiger partial charge in [-0.1, -0.05) is 184 Å². The lowest BCUT2D eigenvalue weighted by Crippen LogP contribution is -2.35. The first-order valence-electron chi connectivity index (χ1n) is 19.5. The highest BCUT2D eigenvalue weighted by Crippen LogP contribution is 2.41. The number of hydrogen-bond donors (Lipinski definition) is 1. The van der Waals surface area contributed by atoms with Crippen LogP contribution in [0.5, 0.6) is 0 Å². The maximum atomic E-state index is 4.07. The number of hydrogen-bond acceptors (Lipinski definition) is 1. The smallest absolute Gasteiger partial charge is 0.0625 e. The van der Waals surface area contributed by atoms with Gasteiger partial charge in [-0.25, -0.2) is 0 Å². The van der Waals surface area contributed by atoms with E-state index in [0.717, 1.165) is 31.4 Å². The van der Waals surface area contributed by atoms with Crippen LogP contribution in [0, 0.1) is 0 Å². The Balaban J connectivity index is 1.02. The molecule has 0 saturated heterocycles. The third-order valence-electron chi connectivity index (χ3n) is 11.4. The summed E-state index contributed by atoms with van der Waals surface area (Å²) in [4.78, 5) is 0. The molecule has 0 radical (unpaired) electrons. The van der Waals surface area contributed by atoms with Gasteiger partial charge in [0.05, 0.1) is 5.54 Å². The first-order chi connectivity index (χ1) is 26.6. The molecule has 9 aromatic rings.